The number of hydrogen-bond acceptors (Lipinski definition) is 6. The Morgan fingerprint density at radius 1 is 0.875 bits per heavy atom. The van der Waals surface area contributed by atoms with Gasteiger partial charge in [0.1, 0.15) is 37.4 Å². The van der Waals surface area contributed by atoms with E-state index in [2.05, 4.69) is 5.32 Å². The van der Waals surface area contributed by atoms with Crippen LogP contribution < -0.4 is 19.1 Å². The number of anilines is 1. The van der Waals surface area contributed by atoms with E-state index in [-0.39, 0.29) is 41.5 Å². The number of hydrogen-bond donors (Lipinski definition) is 1. The molecule has 4 aromatic carbocycles. The van der Waals surface area contributed by atoms with Crippen LogP contribution in [0.4, 0.5) is 14.5 Å². The molecule has 0 spiro atoms. The SMILES string of the molecule is CCCCNC(=O)[C@@H](Cc1ccccc1)N(Cc1ccccc1F)C(=O)CN(c1ccc(F)cc1)S(=O)(=O)c1ccc2c(c1)OCCO2. The van der Waals surface area contributed by atoms with E-state index >= 15 is 4.39 Å². The van der Waals surface area contributed by atoms with E-state index in [1.807, 2.05) is 25.1 Å². The van der Waals surface area contributed by atoms with Gasteiger partial charge in [0.25, 0.3) is 10.0 Å². The molecule has 5 rings (SSSR count). The van der Waals surface area contributed by atoms with Gasteiger partial charge in [-0.15, -0.1) is 0 Å². The molecule has 1 atom stereocenters. The van der Waals surface area contributed by atoms with Gasteiger partial charge in [0.15, 0.2) is 11.5 Å². The highest BCUT2D eigenvalue weighted by Crippen LogP contribution is 2.34. The number of sulfonamides is 1. The lowest BCUT2D eigenvalue weighted by molar-refractivity contribution is -0.140. The molecule has 0 aromatic heterocycles. The van der Waals surface area contributed by atoms with Crippen molar-refractivity contribution in [2.24, 2.45) is 0 Å². The molecule has 48 heavy (non-hydrogen) atoms. The lowest BCUT2D eigenvalue weighted by Crippen LogP contribution is -2.53. The number of fused-ring (bicyclic) bond motifs is 1. The summed E-state index contributed by atoms with van der Waals surface area (Å²) in [4.78, 5) is 29.3. The lowest BCUT2D eigenvalue weighted by Gasteiger charge is -2.34. The number of carbonyl (C=O) groups excluding carboxylic acids is 2. The Kier molecular flexibility index (Phi) is 11.3. The molecule has 1 heterocycles. The maximum absolute atomic E-state index is 15.1. The summed E-state index contributed by atoms with van der Waals surface area (Å²) in [6.07, 6.45) is 1.62. The van der Waals surface area contributed by atoms with Crippen molar-refractivity contribution in [3.05, 3.63) is 120 Å². The summed E-state index contributed by atoms with van der Waals surface area (Å²) in [6.45, 7) is 1.79. The molecule has 252 valence electrons. The summed E-state index contributed by atoms with van der Waals surface area (Å²) in [5.74, 6) is -1.82. The van der Waals surface area contributed by atoms with Crippen molar-refractivity contribution < 1.29 is 36.3 Å². The maximum atomic E-state index is 15.1. The molecule has 0 saturated heterocycles. The Morgan fingerprint density at radius 3 is 2.27 bits per heavy atom. The minimum Gasteiger partial charge on any atom is -0.486 e. The van der Waals surface area contributed by atoms with Crippen molar-refractivity contribution in [3.63, 3.8) is 0 Å². The summed E-state index contributed by atoms with van der Waals surface area (Å²) in [6, 6.07) is 22.6. The molecule has 4 aromatic rings. The standard InChI is InChI=1S/C36H37F2N3O6S/c1-2-3-19-39-36(43)32(22-26-9-5-4-6-10-26)40(24-27-11-7-8-12-31(27)38)35(42)25-41(29-15-13-28(37)14-16-29)48(44,45)30-17-18-33-34(23-30)47-21-20-46-33/h4-18,23,32H,2-3,19-22,24-25H2,1H3,(H,39,43)/t32-/m1/s1. The second-order valence-corrected chi connectivity index (χ2v) is 13.1. The average molecular weight is 678 g/mol. The van der Waals surface area contributed by atoms with Crippen LogP contribution in [-0.4, -0.2) is 57.5 Å². The first-order chi connectivity index (χ1) is 23.2. The van der Waals surface area contributed by atoms with E-state index in [0.717, 1.165) is 28.4 Å². The summed E-state index contributed by atoms with van der Waals surface area (Å²) in [5, 5.41) is 2.89. The lowest BCUT2D eigenvalue weighted by atomic mass is 10.0. The number of rotatable bonds is 14. The van der Waals surface area contributed by atoms with E-state index in [0.29, 0.717) is 25.3 Å². The number of benzene rings is 4. The zero-order valence-corrected chi connectivity index (χ0v) is 27.3. The predicted octanol–water partition coefficient (Wildman–Crippen LogP) is 5.49. The molecule has 0 unspecified atom stereocenters. The van der Waals surface area contributed by atoms with Crippen LogP contribution in [0.1, 0.15) is 30.9 Å². The summed E-state index contributed by atoms with van der Waals surface area (Å²) < 4.78 is 69.6. The number of nitrogens with one attached hydrogen (secondary N) is 1. The van der Waals surface area contributed by atoms with Gasteiger partial charge >= 0.3 is 0 Å². The Bertz CT molecular complexity index is 1820. The van der Waals surface area contributed by atoms with Crippen molar-refractivity contribution in [2.45, 2.75) is 43.7 Å². The molecule has 1 N–H and O–H groups in total. The minimum atomic E-state index is -4.48. The first kappa shape index (κ1) is 34.4. The molecule has 9 nitrogen and oxygen atoms in total. The van der Waals surface area contributed by atoms with Crippen molar-refractivity contribution in [1.82, 2.24) is 10.2 Å². The van der Waals surface area contributed by atoms with Crippen molar-refractivity contribution >= 4 is 27.5 Å². The fourth-order valence-corrected chi connectivity index (χ4v) is 6.75. The zero-order chi connectivity index (χ0) is 34.1. The Hall–Kier alpha value is -4.97. The highest BCUT2D eigenvalue weighted by molar-refractivity contribution is 7.92. The van der Waals surface area contributed by atoms with E-state index < -0.39 is 46.1 Å². The van der Waals surface area contributed by atoms with Crippen LogP contribution in [0.2, 0.25) is 0 Å². The Labute approximate surface area is 279 Å². The largest absolute Gasteiger partial charge is 0.486 e. The van der Waals surface area contributed by atoms with E-state index in [1.165, 1.54) is 53.4 Å². The van der Waals surface area contributed by atoms with Gasteiger partial charge in [0, 0.05) is 31.1 Å². The molecule has 1 aliphatic heterocycles. The van der Waals surface area contributed by atoms with Gasteiger partial charge in [-0.3, -0.25) is 13.9 Å². The molecule has 0 radical (unpaired) electrons. The van der Waals surface area contributed by atoms with Gasteiger partial charge < -0.3 is 19.7 Å². The molecule has 1 aliphatic rings. The van der Waals surface area contributed by atoms with Crippen molar-refractivity contribution in [2.75, 3.05) is 30.6 Å². The van der Waals surface area contributed by atoms with Gasteiger partial charge in [0.2, 0.25) is 11.8 Å². The molecule has 0 fully saturated rings. The number of unbranched alkanes of at least 4 members (excludes halogenated alkanes) is 1. The highest BCUT2D eigenvalue weighted by Gasteiger charge is 2.35. The van der Waals surface area contributed by atoms with Crippen molar-refractivity contribution in [1.29, 1.82) is 0 Å². The van der Waals surface area contributed by atoms with Crippen molar-refractivity contribution in [3.8, 4) is 11.5 Å². The van der Waals surface area contributed by atoms with Gasteiger partial charge in [0.05, 0.1) is 10.6 Å². The van der Waals surface area contributed by atoms with Crippen LogP contribution in [0, 0.1) is 11.6 Å². The topological polar surface area (TPSA) is 105 Å². The summed E-state index contributed by atoms with van der Waals surface area (Å²) in [7, 11) is -4.48. The van der Waals surface area contributed by atoms with Crippen LogP contribution in [0.3, 0.4) is 0 Å². The van der Waals surface area contributed by atoms with E-state index in [4.69, 9.17) is 9.47 Å². The quantitative estimate of drug-likeness (QED) is 0.177. The highest BCUT2D eigenvalue weighted by atomic mass is 32.2. The molecular formula is C36H37F2N3O6S. The zero-order valence-electron chi connectivity index (χ0n) is 26.5. The van der Waals surface area contributed by atoms with Crippen LogP contribution >= 0.6 is 0 Å². The van der Waals surface area contributed by atoms with Gasteiger partial charge in [-0.05, 0) is 54.4 Å². The molecule has 0 saturated carbocycles. The summed E-state index contributed by atoms with van der Waals surface area (Å²) in [5.41, 5.74) is 0.907. The third-order valence-corrected chi connectivity index (χ3v) is 9.66. The maximum Gasteiger partial charge on any atom is 0.264 e. The fourth-order valence-electron chi connectivity index (χ4n) is 5.32. The number of halogens is 2. The minimum absolute atomic E-state index is 0.0116. The van der Waals surface area contributed by atoms with Crippen LogP contribution in [0.5, 0.6) is 11.5 Å². The number of carbonyl (C=O) groups is 2. The average Bonchev–Trinajstić information content (AvgIpc) is 3.10. The normalized spacial score (nSPS) is 13.0. The number of nitrogens with zero attached hydrogens (tertiary/aromatic N) is 2. The van der Waals surface area contributed by atoms with Crippen LogP contribution in [0.15, 0.2) is 102 Å². The number of amides is 2. The molecule has 2 amide bonds. The fraction of sp³-hybridized carbons (Fsp3) is 0.278. The van der Waals surface area contributed by atoms with E-state index in [1.54, 1.807) is 18.2 Å². The molecular weight excluding hydrogens is 640 g/mol. The molecule has 0 aliphatic carbocycles. The predicted molar refractivity (Wildman–Crippen MR) is 177 cm³/mol. The Balaban J connectivity index is 1.57. The Morgan fingerprint density at radius 2 is 1.56 bits per heavy atom. The second kappa shape index (κ2) is 15.7. The van der Waals surface area contributed by atoms with Crippen LogP contribution in [-0.2, 0) is 32.6 Å². The molecule has 0 bridgehead atoms. The van der Waals surface area contributed by atoms with Gasteiger partial charge in [-0.1, -0.05) is 61.9 Å². The van der Waals surface area contributed by atoms with Crippen LogP contribution in [0.25, 0.3) is 0 Å². The third-order valence-electron chi connectivity index (χ3n) is 7.89. The monoisotopic (exact) mass is 677 g/mol. The van der Waals surface area contributed by atoms with E-state index in [9.17, 15) is 22.4 Å². The molecule has 12 heteroatoms. The van der Waals surface area contributed by atoms with Gasteiger partial charge in [-0.25, -0.2) is 17.2 Å². The first-order valence-corrected chi connectivity index (χ1v) is 17.1. The number of ether oxygens (including phenoxy) is 2. The smallest absolute Gasteiger partial charge is 0.264 e. The second-order valence-electron chi connectivity index (χ2n) is 11.3. The first-order valence-electron chi connectivity index (χ1n) is 15.7. The third kappa shape index (κ3) is 8.29. The van der Waals surface area contributed by atoms with Gasteiger partial charge in [-0.2, -0.15) is 0 Å². The summed E-state index contributed by atoms with van der Waals surface area (Å²) >= 11 is 0.